The Morgan fingerprint density at radius 2 is 1.84 bits per heavy atom. The molecule has 0 spiro atoms. The van der Waals surface area contributed by atoms with Crippen molar-refractivity contribution in [2.45, 2.75) is 20.4 Å². The summed E-state index contributed by atoms with van der Waals surface area (Å²) in [6.45, 7) is 4.46. The standard InChI is InChI=1S/C18H18ClN5O/c1-11-3-8-15(9-12(11)2)21-17-16(22-24-23-17)18(25)20-10-13-4-6-14(19)7-5-13/h3-9H,10H2,1-2H3,(H,20,25)(H2,21,22,23,24). The predicted octanol–water partition coefficient (Wildman–Crippen LogP) is 3.75. The molecular weight excluding hydrogens is 338 g/mol. The largest absolute Gasteiger partial charge is 0.346 e. The number of hydrogen-bond donors (Lipinski definition) is 3. The summed E-state index contributed by atoms with van der Waals surface area (Å²) in [5.74, 6) is 0.0758. The third-order valence-corrected chi connectivity index (χ3v) is 4.15. The third-order valence-electron chi connectivity index (χ3n) is 3.90. The molecule has 0 aliphatic rings. The maximum absolute atomic E-state index is 12.4. The van der Waals surface area contributed by atoms with Gasteiger partial charge in [-0.25, -0.2) is 0 Å². The van der Waals surface area contributed by atoms with Gasteiger partial charge in [0.15, 0.2) is 11.5 Å². The zero-order valence-corrected chi connectivity index (χ0v) is 14.7. The van der Waals surface area contributed by atoms with Crippen LogP contribution in [0, 0.1) is 13.8 Å². The minimum absolute atomic E-state index is 0.215. The Hall–Kier alpha value is -2.86. The fourth-order valence-electron chi connectivity index (χ4n) is 2.30. The summed E-state index contributed by atoms with van der Waals surface area (Å²) in [5, 5.41) is 17.1. The Balaban J connectivity index is 1.68. The van der Waals surface area contributed by atoms with Gasteiger partial charge in [-0.1, -0.05) is 29.8 Å². The SMILES string of the molecule is Cc1ccc(Nc2n[nH]nc2C(=O)NCc2ccc(Cl)cc2)cc1C. The summed E-state index contributed by atoms with van der Waals surface area (Å²) in [7, 11) is 0. The minimum atomic E-state index is -0.310. The second-order valence-corrected chi connectivity index (χ2v) is 6.19. The first-order valence-electron chi connectivity index (χ1n) is 7.80. The van der Waals surface area contributed by atoms with E-state index in [1.165, 1.54) is 5.56 Å². The summed E-state index contributed by atoms with van der Waals surface area (Å²) in [6.07, 6.45) is 0. The molecule has 1 aromatic heterocycles. The number of anilines is 2. The van der Waals surface area contributed by atoms with Crippen molar-refractivity contribution in [3.8, 4) is 0 Å². The summed E-state index contributed by atoms with van der Waals surface area (Å²) in [5.41, 5.74) is 4.37. The molecule has 0 bridgehead atoms. The quantitative estimate of drug-likeness (QED) is 0.651. The van der Waals surface area contributed by atoms with Crippen molar-refractivity contribution in [1.82, 2.24) is 20.7 Å². The van der Waals surface area contributed by atoms with E-state index < -0.39 is 0 Å². The number of rotatable bonds is 5. The molecule has 2 aromatic carbocycles. The van der Waals surface area contributed by atoms with Gasteiger partial charge in [0.05, 0.1) is 0 Å². The Morgan fingerprint density at radius 1 is 1.08 bits per heavy atom. The van der Waals surface area contributed by atoms with Gasteiger partial charge in [0.1, 0.15) is 0 Å². The number of aromatic amines is 1. The molecule has 128 valence electrons. The molecule has 0 radical (unpaired) electrons. The zero-order chi connectivity index (χ0) is 17.8. The number of halogens is 1. The first-order chi connectivity index (χ1) is 12.0. The lowest BCUT2D eigenvalue weighted by Gasteiger charge is -2.08. The molecule has 6 nitrogen and oxygen atoms in total. The van der Waals surface area contributed by atoms with Crippen LogP contribution in [0.4, 0.5) is 11.5 Å². The van der Waals surface area contributed by atoms with Crippen LogP contribution >= 0.6 is 11.6 Å². The van der Waals surface area contributed by atoms with Gasteiger partial charge in [-0.3, -0.25) is 4.79 Å². The van der Waals surface area contributed by atoms with Crippen molar-refractivity contribution in [3.63, 3.8) is 0 Å². The van der Waals surface area contributed by atoms with E-state index in [9.17, 15) is 4.79 Å². The molecule has 0 unspecified atom stereocenters. The first kappa shape index (κ1) is 17.0. The van der Waals surface area contributed by atoms with Crippen LogP contribution in [0.1, 0.15) is 27.2 Å². The van der Waals surface area contributed by atoms with Crippen LogP contribution in [0.2, 0.25) is 5.02 Å². The highest BCUT2D eigenvalue weighted by Crippen LogP contribution is 2.20. The Kier molecular flexibility index (Phi) is 5.00. The lowest BCUT2D eigenvalue weighted by Crippen LogP contribution is -2.24. The van der Waals surface area contributed by atoms with Crippen LogP contribution in [-0.2, 0) is 6.54 Å². The average Bonchev–Trinajstić information content (AvgIpc) is 3.05. The van der Waals surface area contributed by atoms with Crippen molar-refractivity contribution in [2.75, 3.05) is 5.32 Å². The van der Waals surface area contributed by atoms with Gasteiger partial charge in [0.2, 0.25) is 0 Å². The molecule has 0 saturated heterocycles. The van der Waals surface area contributed by atoms with E-state index >= 15 is 0 Å². The molecule has 0 aliphatic carbocycles. The van der Waals surface area contributed by atoms with E-state index in [0.29, 0.717) is 17.4 Å². The molecule has 3 rings (SSSR count). The summed E-state index contributed by atoms with van der Waals surface area (Å²) >= 11 is 5.86. The van der Waals surface area contributed by atoms with Crippen LogP contribution < -0.4 is 10.6 Å². The highest BCUT2D eigenvalue weighted by Gasteiger charge is 2.16. The highest BCUT2D eigenvalue weighted by molar-refractivity contribution is 6.30. The van der Waals surface area contributed by atoms with E-state index in [1.54, 1.807) is 12.1 Å². The summed E-state index contributed by atoms with van der Waals surface area (Å²) in [6, 6.07) is 13.2. The average molecular weight is 356 g/mol. The number of amides is 1. The van der Waals surface area contributed by atoms with Gasteiger partial charge in [0, 0.05) is 17.3 Å². The van der Waals surface area contributed by atoms with Crippen molar-refractivity contribution < 1.29 is 4.79 Å². The number of H-pyrrole nitrogens is 1. The molecule has 7 heteroatoms. The normalized spacial score (nSPS) is 10.5. The number of carbonyl (C=O) groups excluding carboxylic acids is 1. The number of aromatic nitrogens is 3. The highest BCUT2D eigenvalue weighted by atomic mass is 35.5. The van der Waals surface area contributed by atoms with Gasteiger partial charge in [-0.15, -0.1) is 10.2 Å². The predicted molar refractivity (Wildman–Crippen MR) is 98.2 cm³/mol. The van der Waals surface area contributed by atoms with E-state index in [0.717, 1.165) is 16.8 Å². The number of nitrogens with zero attached hydrogens (tertiary/aromatic N) is 2. The molecule has 3 N–H and O–H groups in total. The Labute approximate surface area is 150 Å². The molecule has 0 saturated carbocycles. The van der Waals surface area contributed by atoms with Crippen LogP contribution in [0.3, 0.4) is 0 Å². The molecule has 3 aromatic rings. The molecule has 25 heavy (non-hydrogen) atoms. The maximum Gasteiger partial charge on any atom is 0.275 e. The van der Waals surface area contributed by atoms with E-state index in [1.807, 2.05) is 44.2 Å². The molecule has 1 amide bonds. The summed E-state index contributed by atoms with van der Waals surface area (Å²) in [4.78, 5) is 12.4. The number of carbonyl (C=O) groups is 1. The van der Waals surface area contributed by atoms with Crippen LogP contribution in [0.5, 0.6) is 0 Å². The smallest absolute Gasteiger partial charge is 0.275 e. The van der Waals surface area contributed by atoms with E-state index in [-0.39, 0.29) is 11.6 Å². The van der Waals surface area contributed by atoms with Crippen LogP contribution in [-0.4, -0.2) is 21.3 Å². The van der Waals surface area contributed by atoms with Crippen molar-refractivity contribution >= 4 is 29.0 Å². The fourth-order valence-corrected chi connectivity index (χ4v) is 2.43. The molecular formula is C18H18ClN5O. The first-order valence-corrected chi connectivity index (χ1v) is 8.18. The lowest BCUT2D eigenvalue weighted by atomic mass is 10.1. The molecule has 0 fully saturated rings. The van der Waals surface area contributed by atoms with Gasteiger partial charge < -0.3 is 10.6 Å². The van der Waals surface area contributed by atoms with Crippen LogP contribution in [0.25, 0.3) is 0 Å². The Morgan fingerprint density at radius 3 is 2.56 bits per heavy atom. The summed E-state index contributed by atoms with van der Waals surface area (Å²) < 4.78 is 0. The topological polar surface area (TPSA) is 82.7 Å². The van der Waals surface area contributed by atoms with Crippen LogP contribution in [0.15, 0.2) is 42.5 Å². The van der Waals surface area contributed by atoms with Gasteiger partial charge in [0.25, 0.3) is 5.91 Å². The van der Waals surface area contributed by atoms with Crippen molar-refractivity contribution in [1.29, 1.82) is 0 Å². The number of aryl methyl sites for hydroxylation is 2. The van der Waals surface area contributed by atoms with E-state index in [4.69, 9.17) is 11.6 Å². The second-order valence-electron chi connectivity index (χ2n) is 5.75. The van der Waals surface area contributed by atoms with Gasteiger partial charge >= 0.3 is 0 Å². The third kappa shape index (κ3) is 4.16. The van der Waals surface area contributed by atoms with Crippen molar-refractivity contribution in [2.24, 2.45) is 0 Å². The second kappa shape index (κ2) is 7.36. The number of hydrogen-bond acceptors (Lipinski definition) is 4. The number of benzene rings is 2. The minimum Gasteiger partial charge on any atom is -0.346 e. The fraction of sp³-hybridized carbons (Fsp3) is 0.167. The van der Waals surface area contributed by atoms with Gasteiger partial charge in [-0.2, -0.15) is 5.21 Å². The molecule has 0 aliphatic heterocycles. The number of nitrogens with one attached hydrogen (secondary N) is 3. The van der Waals surface area contributed by atoms with E-state index in [2.05, 4.69) is 26.0 Å². The van der Waals surface area contributed by atoms with Crippen molar-refractivity contribution in [3.05, 3.63) is 69.9 Å². The molecule has 1 heterocycles. The maximum atomic E-state index is 12.4. The van der Waals surface area contributed by atoms with Gasteiger partial charge in [-0.05, 0) is 54.8 Å². The Bertz CT molecular complexity index is 889. The molecule has 0 atom stereocenters. The monoisotopic (exact) mass is 355 g/mol. The zero-order valence-electron chi connectivity index (χ0n) is 13.9. The lowest BCUT2D eigenvalue weighted by molar-refractivity contribution is 0.0946.